The summed E-state index contributed by atoms with van der Waals surface area (Å²) >= 11 is 0. The van der Waals surface area contributed by atoms with Crippen molar-refractivity contribution in [1.29, 1.82) is 0 Å². The summed E-state index contributed by atoms with van der Waals surface area (Å²) in [6.45, 7) is 0. The van der Waals surface area contributed by atoms with Crippen LogP contribution < -0.4 is 0 Å². The maximum Gasteiger partial charge on any atom is 0.471 e. The molecule has 0 aliphatic heterocycles. The molecule has 0 bridgehead atoms. The first-order valence-corrected chi connectivity index (χ1v) is 6.03. The van der Waals surface area contributed by atoms with E-state index in [1.54, 1.807) is 19.0 Å². The number of hydrogen-bond acceptors (Lipinski definition) is 4. The number of rotatable bonds is 3. The van der Waals surface area contributed by atoms with E-state index in [9.17, 15) is 18.0 Å². The van der Waals surface area contributed by atoms with Gasteiger partial charge in [0.25, 0.3) is 5.91 Å². The van der Waals surface area contributed by atoms with E-state index in [2.05, 4.69) is 19.7 Å². The minimum atomic E-state index is -4.69. The zero-order valence-electron chi connectivity index (χ0n) is 11.6. The van der Waals surface area contributed by atoms with Crippen LogP contribution in [-0.4, -0.2) is 41.4 Å². The molecule has 1 aromatic heterocycles. The molecule has 0 aliphatic carbocycles. The minimum absolute atomic E-state index is 0.205. The van der Waals surface area contributed by atoms with E-state index >= 15 is 0 Å². The summed E-state index contributed by atoms with van der Waals surface area (Å²) in [5.41, 5.74) is 0.591. The van der Waals surface area contributed by atoms with Crippen molar-refractivity contribution in [3.05, 3.63) is 35.7 Å². The molecule has 2 aromatic rings. The van der Waals surface area contributed by atoms with Crippen LogP contribution in [0.2, 0.25) is 0 Å². The highest BCUT2D eigenvalue weighted by Crippen LogP contribution is 2.29. The summed E-state index contributed by atoms with van der Waals surface area (Å²) in [7, 11) is 3.43. The van der Waals surface area contributed by atoms with E-state index in [1.165, 1.54) is 30.6 Å². The fourth-order valence-corrected chi connectivity index (χ4v) is 1.46. The smallest absolute Gasteiger partial charge is 0.369 e. The number of nitrogens with zero attached hydrogens (tertiary/aromatic N) is 4. The molecule has 6 nitrogen and oxygen atoms in total. The number of halogens is 3. The third-order valence-corrected chi connectivity index (χ3v) is 2.46. The fraction of sp³-hybridized carbons (Fsp3) is 0.231. The number of benzene rings is 1. The van der Waals surface area contributed by atoms with Crippen LogP contribution in [0.25, 0.3) is 11.4 Å². The molecule has 0 saturated heterocycles. The van der Waals surface area contributed by atoms with Crippen LogP contribution in [0.15, 0.2) is 33.8 Å². The lowest BCUT2D eigenvalue weighted by Gasteiger charge is -2.02. The molecule has 116 valence electrons. The number of carbonyl (C=O) groups excluding carboxylic acids is 1. The largest absolute Gasteiger partial charge is 0.471 e. The summed E-state index contributed by atoms with van der Waals surface area (Å²) in [5.74, 6) is -2.09. The van der Waals surface area contributed by atoms with Crippen molar-refractivity contribution in [3.63, 3.8) is 0 Å². The molecule has 22 heavy (non-hydrogen) atoms. The summed E-state index contributed by atoms with van der Waals surface area (Å²) in [6, 6.07) is 5.69. The molecular weight excluding hydrogens is 301 g/mol. The SMILES string of the molecule is CN(C)C=NC(=O)c1ccc(-c2noc(C(F)(F)F)n2)cc1. The molecule has 2 rings (SSSR count). The second kappa shape index (κ2) is 5.96. The van der Waals surface area contributed by atoms with Gasteiger partial charge in [-0.3, -0.25) is 4.79 Å². The first-order chi connectivity index (χ1) is 10.3. The maximum atomic E-state index is 12.4. The van der Waals surface area contributed by atoms with Gasteiger partial charge in [0, 0.05) is 25.2 Å². The van der Waals surface area contributed by atoms with Gasteiger partial charge < -0.3 is 9.42 Å². The van der Waals surface area contributed by atoms with E-state index in [0.29, 0.717) is 11.1 Å². The highest BCUT2D eigenvalue weighted by molar-refractivity contribution is 5.98. The molecule has 1 heterocycles. The van der Waals surface area contributed by atoms with Crippen LogP contribution in [0.4, 0.5) is 13.2 Å². The molecule has 0 spiro atoms. The van der Waals surface area contributed by atoms with Gasteiger partial charge in [-0.25, -0.2) is 0 Å². The molecule has 0 fully saturated rings. The van der Waals surface area contributed by atoms with Crippen molar-refractivity contribution in [2.45, 2.75) is 6.18 Å². The summed E-state index contributed by atoms with van der Waals surface area (Å²) in [6.07, 6.45) is -3.34. The third-order valence-electron chi connectivity index (χ3n) is 2.46. The van der Waals surface area contributed by atoms with Crippen molar-refractivity contribution < 1.29 is 22.5 Å². The number of amides is 1. The highest BCUT2D eigenvalue weighted by Gasteiger charge is 2.38. The Balaban J connectivity index is 2.19. The van der Waals surface area contributed by atoms with E-state index < -0.39 is 18.0 Å². The van der Waals surface area contributed by atoms with Gasteiger partial charge in [0.05, 0.1) is 6.34 Å². The Morgan fingerprint density at radius 1 is 1.27 bits per heavy atom. The number of carbonyl (C=O) groups is 1. The van der Waals surface area contributed by atoms with E-state index in [1.807, 2.05) is 0 Å². The van der Waals surface area contributed by atoms with Crippen molar-refractivity contribution >= 4 is 12.2 Å². The van der Waals surface area contributed by atoms with Gasteiger partial charge in [-0.15, -0.1) is 0 Å². The standard InChI is InChI=1S/C13H11F3N4O2/c1-20(2)7-17-11(21)9-5-3-8(4-6-9)10-18-12(22-19-10)13(14,15)16/h3-7H,1-2H3. The minimum Gasteiger partial charge on any atom is -0.369 e. The Hall–Kier alpha value is -2.71. The Labute approximate surface area is 123 Å². The Morgan fingerprint density at radius 2 is 1.91 bits per heavy atom. The van der Waals surface area contributed by atoms with E-state index in [4.69, 9.17) is 0 Å². The van der Waals surface area contributed by atoms with Gasteiger partial charge in [0.15, 0.2) is 0 Å². The van der Waals surface area contributed by atoms with Crippen LogP contribution in [0.3, 0.4) is 0 Å². The second-order valence-electron chi connectivity index (χ2n) is 4.51. The maximum absolute atomic E-state index is 12.4. The van der Waals surface area contributed by atoms with Gasteiger partial charge in [0.2, 0.25) is 5.82 Å². The third kappa shape index (κ3) is 3.68. The molecule has 0 N–H and O–H groups in total. The lowest BCUT2D eigenvalue weighted by atomic mass is 10.1. The highest BCUT2D eigenvalue weighted by atomic mass is 19.4. The van der Waals surface area contributed by atoms with Crippen LogP contribution in [-0.2, 0) is 6.18 Å². The summed E-state index contributed by atoms with van der Waals surface area (Å²) in [5, 5.41) is 3.26. The first-order valence-electron chi connectivity index (χ1n) is 6.03. The molecule has 0 atom stereocenters. The molecule has 0 saturated carbocycles. The predicted octanol–water partition coefficient (Wildman–Crippen LogP) is 2.49. The monoisotopic (exact) mass is 312 g/mol. The van der Waals surface area contributed by atoms with Gasteiger partial charge >= 0.3 is 12.1 Å². The lowest BCUT2D eigenvalue weighted by Crippen LogP contribution is -2.09. The zero-order valence-corrected chi connectivity index (χ0v) is 11.6. The van der Waals surface area contributed by atoms with Gasteiger partial charge in [0.1, 0.15) is 0 Å². The quantitative estimate of drug-likeness (QED) is 0.643. The Bertz CT molecular complexity index is 690. The molecule has 9 heteroatoms. The van der Waals surface area contributed by atoms with Crippen molar-refractivity contribution in [2.75, 3.05) is 14.1 Å². The van der Waals surface area contributed by atoms with Crippen LogP contribution in [0.1, 0.15) is 16.2 Å². The van der Waals surface area contributed by atoms with Gasteiger partial charge in [-0.1, -0.05) is 17.3 Å². The van der Waals surface area contributed by atoms with Crippen LogP contribution in [0.5, 0.6) is 0 Å². The van der Waals surface area contributed by atoms with E-state index in [-0.39, 0.29) is 5.82 Å². The normalized spacial score (nSPS) is 11.9. The van der Waals surface area contributed by atoms with E-state index in [0.717, 1.165) is 0 Å². The molecule has 0 aliphatic rings. The fourth-order valence-electron chi connectivity index (χ4n) is 1.46. The molecular formula is C13H11F3N4O2. The van der Waals surface area contributed by atoms with Crippen LogP contribution >= 0.6 is 0 Å². The molecule has 0 unspecified atom stereocenters. The average molecular weight is 312 g/mol. The molecule has 1 aromatic carbocycles. The van der Waals surface area contributed by atoms with Crippen molar-refractivity contribution in [2.24, 2.45) is 4.99 Å². The average Bonchev–Trinajstić information content (AvgIpc) is 2.94. The summed E-state index contributed by atoms with van der Waals surface area (Å²) in [4.78, 5) is 20.3. The van der Waals surface area contributed by atoms with Gasteiger partial charge in [-0.2, -0.15) is 23.1 Å². The second-order valence-corrected chi connectivity index (χ2v) is 4.51. The van der Waals surface area contributed by atoms with Crippen LogP contribution in [0, 0.1) is 0 Å². The predicted molar refractivity (Wildman–Crippen MR) is 71.2 cm³/mol. The number of aromatic nitrogens is 2. The topological polar surface area (TPSA) is 71.6 Å². The zero-order chi connectivity index (χ0) is 16.3. The summed E-state index contributed by atoms with van der Waals surface area (Å²) < 4.78 is 41.3. The van der Waals surface area contributed by atoms with Crippen molar-refractivity contribution in [1.82, 2.24) is 15.0 Å². The van der Waals surface area contributed by atoms with Crippen molar-refractivity contribution in [3.8, 4) is 11.4 Å². The number of hydrogen-bond donors (Lipinski definition) is 0. The van der Waals surface area contributed by atoms with Gasteiger partial charge in [-0.05, 0) is 12.1 Å². The first kappa shape index (κ1) is 15.7. The number of alkyl halides is 3. The Kier molecular flexibility index (Phi) is 4.25. The molecule has 1 amide bonds. The molecule has 0 radical (unpaired) electrons. The Morgan fingerprint density at radius 3 is 2.41 bits per heavy atom. The lowest BCUT2D eigenvalue weighted by molar-refractivity contribution is -0.159. The number of aliphatic imine (C=N–C) groups is 1.